The van der Waals surface area contributed by atoms with Crippen molar-refractivity contribution in [1.82, 2.24) is 5.32 Å². The number of hydrogen-bond acceptors (Lipinski definition) is 3. The topological polar surface area (TPSA) is 39.1 Å². The number of rotatable bonds is 2. The average Bonchev–Trinajstić information content (AvgIpc) is 2.49. The lowest BCUT2D eigenvalue weighted by molar-refractivity contribution is 0.452. The van der Waals surface area contributed by atoms with Gasteiger partial charge in [-0.25, -0.2) is 0 Å². The summed E-state index contributed by atoms with van der Waals surface area (Å²) in [4.78, 5) is 2.42. The van der Waals surface area contributed by atoms with Gasteiger partial charge in [0, 0.05) is 28.3 Å². The highest BCUT2D eigenvalue weighted by Gasteiger charge is 2.31. The molecule has 0 spiro atoms. The van der Waals surface area contributed by atoms with E-state index in [4.69, 9.17) is 5.26 Å². The average molecular weight is 322 g/mol. The van der Waals surface area contributed by atoms with Gasteiger partial charge in [0.15, 0.2) is 0 Å². The minimum atomic E-state index is 0.0952. The predicted octanol–water partition coefficient (Wildman–Crippen LogP) is 3.31. The molecule has 0 aromatic heterocycles. The standard InChI is InChI=1S/C15H20BrN3/c1-15(2)7-9-18-13(6-8-17)11-19(15)14-5-3-4-12(16)10-14/h3-5,10,13,18H,6-7,9,11H2,1-2H3. The number of halogens is 1. The third kappa shape index (κ3) is 3.49. The zero-order valence-electron chi connectivity index (χ0n) is 11.5. The van der Waals surface area contributed by atoms with Gasteiger partial charge in [0.2, 0.25) is 0 Å². The van der Waals surface area contributed by atoms with E-state index in [1.54, 1.807) is 0 Å². The Morgan fingerprint density at radius 2 is 2.32 bits per heavy atom. The molecular formula is C15H20BrN3. The number of nitriles is 1. The van der Waals surface area contributed by atoms with Gasteiger partial charge in [-0.15, -0.1) is 0 Å². The number of benzene rings is 1. The van der Waals surface area contributed by atoms with Crippen molar-refractivity contribution < 1.29 is 0 Å². The molecule has 0 radical (unpaired) electrons. The maximum absolute atomic E-state index is 8.93. The Balaban J connectivity index is 2.29. The van der Waals surface area contributed by atoms with Crippen LogP contribution in [-0.4, -0.2) is 24.7 Å². The molecule has 2 rings (SSSR count). The van der Waals surface area contributed by atoms with Gasteiger partial charge in [0.05, 0.1) is 12.5 Å². The van der Waals surface area contributed by atoms with Crippen LogP contribution in [-0.2, 0) is 0 Å². The van der Waals surface area contributed by atoms with Crippen molar-refractivity contribution in [2.75, 3.05) is 18.0 Å². The fourth-order valence-electron chi connectivity index (χ4n) is 2.60. The normalized spacial score (nSPS) is 22.6. The molecule has 102 valence electrons. The second-order valence-corrected chi connectivity index (χ2v) is 6.58. The van der Waals surface area contributed by atoms with E-state index in [0.29, 0.717) is 6.42 Å². The summed E-state index contributed by atoms with van der Waals surface area (Å²) in [5.74, 6) is 0. The Morgan fingerprint density at radius 3 is 3.00 bits per heavy atom. The monoisotopic (exact) mass is 321 g/mol. The van der Waals surface area contributed by atoms with Crippen molar-refractivity contribution in [1.29, 1.82) is 5.26 Å². The van der Waals surface area contributed by atoms with Crippen LogP contribution in [0.5, 0.6) is 0 Å². The molecule has 0 bridgehead atoms. The van der Waals surface area contributed by atoms with Gasteiger partial charge in [-0.2, -0.15) is 5.26 Å². The van der Waals surface area contributed by atoms with Crippen molar-refractivity contribution in [2.24, 2.45) is 0 Å². The molecule has 19 heavy (non-hydrogen) atoms. The highest BCUT2D eigenvalue weighted by molar-refractivity contribution is 9.10. The SMILES string of the molecule is CC1(C)CCNC(CC#N)CN1c1cccc(Br)c1. The van der Waals surface area contributed by atoms with Crippen LogP contribution in [0, 0.1) is 11.3 Å². The number of anilines is 1. The van der Waals surface area contributed by atoms with Gasteiger partial charge in [0.1, 0.15) is 0 Å². The molecule has 1 atom stereocenters. The summed E-state index contributed by atoms with van der Waals surface area (Å²) in [6.45, 7) is 6.37. The lowest BCUT2D eigenvalue weighted by Crippen LogP contribution is -2.46. The third-order valence-electron chi connectivity index (χ3n) is 3.76. The quantitative estimate of drug-likeness (QED) is 0.908. The minimum absolute atomic E-state index is 0.0952. The van der Waals surface area contributed by atoms with Crippen molar-refractivity contribution in [2.45, 2.75) is 38.3 Å². The zero-order valence-corrected chi connectivity index (χ0v) is 13.1. The molecule has 1 aliphatic heterocycles. The highest BCUT2D eigenvalue weighted by atomic mass is 79.9. The van der Waals surface area contributed by atoms with Gasteiger partial charge in [-0.3, -0.25) is 0 Å². The number of nitrogens with one attached hydrogen (secondary N) is 1. The molecule has 4 heteroatoms. The number of hydrogen-bond donors (Lipinski definition) is 1. The molecule has 1 aromatic carbocycles. The summed E-state index contributed by atoms with van der Waals surface area (Å²) < 4.78 is 1.09. The van der Waals surface area contributed by atoms with Crippen molar-refractivity contribution in [3.05, 3.63) is 28.7 Å². The molecule has 1 unspecified atom stereocenters. The lowest BCUT2D eigenvalue weighted by Gasteiger charge is -2.40. The molecule has 0 aliphatic carbocycles. The van der Waals surface area contributed by atoms with Crippen LogP contribution in [0.1, 0.15) is 26.7 Å². The van der Waals surface area contributed by atoms with Gasteiger partial charge in [-0.1, -0.05) is 22.0 Å². The second kappa shape index (κ2) is 5.94. The summed E-state index contributed by atoms with van der Waals surface area (Å²) in [6.07, 6.45) is 1.63. The van der Waals surface area contributed by atoms with Crippen molar-refractivity contribution in [3.63, 3.8) is 0 Å². The molecule has 1 aliphatic rings. The fraction of sp³-hybridized carbons (Fsp3) is 0.533. The van der Waals surface area contributed by atoms with Gasteiger partial charge in [-0.05, 0) is 45.0 Å². The summed E-state index contributed by atoms with van der Waals surface area (Å²) in [6, 6.07) is 10.9. The van der Waals surface area contributed by atoms with Crippen LogP contribution in [0.15, 0.2) is 28.7 Å². The largest absolute Gasteiger partial charge is 0.365 e. The highest BCUT2D eigenvalue weighted by Crippen LogP contribution is 2.30. The minimum Gasteiger partial charge on any atom is -0.365 e. The second-order valence-electron chi connectivity index (χ2n) is 5.67. The fourth-order valence-corrected chi connectivity index (χ4v) is 2.98. The van der Waals surface area contributed by atoms with Gasteiger partial charge < -0.3 is 10.2 Å². The summed E-state index contributed by atoms with van der Waals surface area (Å²) in [7, 11) is 0. The van der Waals surface area contributed by atoms with Crippen LogP contribution >= 0.6 is 15.9 Å². The van der Waals surface area contributed by atoms with E-state index >= 15 is 0 Å². The van der Waals surface area contributed by atoms with E-state index in [-0.39, 0.29) is 11.6 Å². The Morgan fingerprint density at radius 1 is 1.53 bits per heavy atom. The summed E-state index contributed by atoms with van der Waals surface area (Å²) in [5, 5.41) is 12.4. The van der Waals surface area contributed by atoms with Crippen LogP contribution in [0.4, 0.5) is 5.69 Å². The molecule has 1 aromatic rings. The van der Waals surface area contributed by atoms with E-state index in [2.05, 4.69) is 64.3 Å². The first-order valence-electron chi connectivity index (χ1n) is 6.66. The summed E-state index contributed by atoms with van der Waals surface area (Å²) in [5.41, 5.74) is 1.31. The van der Waals surface area contributed by atoms with Gasteiger partial charge in [0.25, 0.3) is 0 Å². The van der Waals surface area contributed by atoms with Gasteiger partial charge >= 0.3 is 0 Å². The molecule has 0 amide bonds. The van der Waals surface area contributed by atoms with Crippen molar-refractivity contribution >= 4 is 21.6 Å². The Kier molecular flexibility index (Phi) is 4.49. The van der Waals surface area contributed by atoms with Crippen LogP contribution in [0.25, 0.3) is 0 Å². The first-order valence-corrected chi connectivity index (χ1v) is 7.46. The molecule has 1 fully saturated rings. The van der Waals surface area contributed by atoms with E-state index in [1.807, 2.05) is 6.07 Å². The first kappa shape index (κ1) is 14.4. The third-order valence-corrected chi connectivity index (χ3v) is 4.25. The molecular weight excluding hydrogens is 302 g/mol. The molecule has 1 N–H and O–H groups in total. The zero-order chi connectivity index (χ0) is 13.9. The maximum atomic E-state index is 8.93. The first-order chi connectivity index (χ1) is 9.03. The van der Waals surface area contributed by atoms with E-state index in [1.165, 1.54) is 5.69 Å². The van der Waals surface area contributed by atoms with Crippen molar-refractivity contribution in [3.8, 4) is 6.07 Å². The van der Waals surface area contributed by atoms with Crippen LogP contribution in [0.2, 0.25) is 0 Å². The van der Waals surface area contributed by atoms with E-state index in [0.717, 1.165) is 24.0 Å². The maximum Gasteiger partial charge on any atom is 0.0638 e. The van der Waals surface area contributed by atoms with E-state index in [9.17, 15) is 0 Å². The molecule has 0 saturated carbocycles. The molecule has 3 nitrogen and oxygen atoms in total. The Bertz CT molecular complexity index is 479. The van der Waals surface area contributed by atoms with Crippen LogP contribution < -0.4 is 10.2 Å². The Labute approximate surface area is 123 Å². The predicted molar refractivity (Wildman–Crippen MR) is 82.2 cm³/mol. The molecule has 1 heterocycles. The molecule has 1 saturated heterocycles. The van der Waals surface area contributed by atoms with E-state index < -0.39 is 0 Å². The Hall–Kier alpha value is -1.05. The number of nitrogens with zero attached hydrogens (tertiary/aromatic N) is 2. The van der Waals surface area contributed by atoms with Crippen LogP contribution in [0.3, 0.4) is 0 Å². The smallest absolute Gasteiger partial charge is 0.0638 e. The summed E-state index contributed by atoms with van der Waals surface area (Å²) >= 11 is 3.54. The lowest BCUT2D eigenvalue weighted by atomic mass is 9.97.